The fraction of sp³-hybridized carbons (Fsp3) is 0.316. The van der Waals surface area contributed by atoms with E-state index in [0.717, 1.165) is 15.4 Å². The molecule has 1 amide bonds. The molecule has 1 aromatic carbocycles. The number of amides is 1. The monoisotopic (exact) mass is 386 g/mol. The molecule has 27 heavy (non-hydrogen) atoms. The molecule has 0 saturated heterocycles. The standard InChI is InChI=1S/C19H22N4O3S/c1-11-16(21-12(2)27-11)19(24)22-17(18-20-6-7-23(18)3)13-8-14(25-4)10-15(9-13)26-5/h6-10,17H,1-5H3,(H,22,24)/t17-/m0/s1. The molecule has 0 fully saturated rings. The van der Waals surface area contributed by atoms with Gasteiger partial charge in [0.15, 0.2) is 0 Å². The number of nitrogens with one attached hydrogen (secondary N) is 1. The zero-order chi connectivity index (χ0) is 19.6. The summed E-state index contributed by atoms with van der Waals surface area (Å²) < 4.78 is 12.6. The molecule has 7 nitrogen and oxygen atoms in total. The van der Waals surface area contributed by atoms with Gasteiger partial charge in [-0.1, -0.05) is 0 Å². The van der Waals surface area contributed by atoms with E-state index >= 15 is 0 Å². The van der Waals surface area contributed by atoms with E-state index in [4.69, 9.17) is 9.47 Å². The van der Waals surface area contributed by atoms with E-state index in [1.54, 1.807) is 26.5 Å². The van der Waals surface area contributed by atoms with Crippen molar-refractivity contribution in [3.05, 3.63) is 57.6 Å². The first kappa shape index (κ1) is 18.9. The van der Waals surface area contributed by atoms with E-state index < -0.39 is 6.04 Å². The van der Waals surface area contributed by atoms with Crippen LogP contribution in [0.2, 0.25) is 0 Å². The molecule has 142 valence electrons. The normalized spacial score (nSPS) is 11.9. The largest absolute Gasteiger partial charge is 0.497 e. The van der Waals surface area contributed by atoms with Gasteiger partial charge in [0.05, 0.1) is 19.2 Å². The molecule has 1 atom stereocenters. The van der Waals surface area contributed by atoms with Gasteiger partial charge in [0, 0.05) is 30.4 Å². The summed E-state index contributed by atoms with van der Waals surface area (Å²) >= 11 is 1.50. The molecule has 2 heterocycles. The first-order valence-electron chi connectivity index (χ1n) is 8.38. The van der Waals surface area contributed by atoms with Gasteiger partial charge in [-0.15, -0.1) is 11.3 Å². The average molecular weight is 386 g/mol. The van der Waals surface area contributed by atoms with Crippen LogP contribution in [0.25, 0.3) is 0 Å². The number of nitrogens with zero attached hydrogens (tertiary/aromatic N) is 3. The first-order valence-corrected chi connectivity index (χ1v) is 9.19. The van der Waals surface area contributed by atoms with Crippen molar-refractivity contribution >= 4 is 17.2 Å². The van der Waals surface area contributed by atoms with Gasteiger partial charge >= 0.3 is 0 Å². The summed E-state index contributed by atoms with van der Waals surface area (Å²) in [6, 6.07) is 5.03. The van der Waals surface area contributed by atoms with Crippen LogP contribution in [0.5, 0.6) is 11.5 Å². The van der Waals surface area contributed by atoms with Crippen molar-refractivity contribution in [2.24, 2.45) is 7.05 Å². The van der Waals surface area contributed by atoms with Crippen molar-refractivity contribution in [1.29, 1.82) is 0 Å². The maximum Gasteiger partial charge on any atom is 0.271 e. The van der Waals surface area contributed by atoms with Crippen LogP contribution < -0.4 is 14.8 Å². The highest BCUT2D eigenvalue weighted by atomic mass is 32.1. The number of imidazole rings is 1. The number of aryl methyl sites for hydroxylation is 3. The highest BCUT2D eigenvalue weighted by Crippen LogP contribution is 2.30. The van der Waals surface area contributed by atoms with Crippen molar-refractivity contribution in [3.8, 4) is 11.5 Å². The van der Waals surface area contributed by atoms with E-state index in [1.807, 2.05) is 43.8 Å². The van der Waals surface area contributed by atoms with E-state index in [-0.39, 0.29) is 5.91 Å². The summed E-state index contributed by atoms with van der Waals surface area (Å²) in [5.41, 5.74) is 1.24. The Morgan fingerprint density at radius 3 is 2.33 bits per heavy atom. The van der Waals surface area contributed by atoms with E-state index in [0.29, 0.717) is 23.0 Å². The predicted octanol–water partition coefficient (Wildman–Crippen LogP) is 3.03. The van der Waals surface area contributed by atoms with Crippen LogP contribution in [0.15, 0.2) is 30.6 Å². The number of carbonyl (C=O) groups is 1. The highest BCUT2D eigenvalue weighted by Gasteiger charge is 2.25. The molecule has 0 radical (unpaired) electrons. The molecule has 3 aromatic rings. The Hall–Kier alpha value is -2.87. The number of aromatic nitrogens is 3. The van der Waals surface area contributed by atoms with E-state index in [9.17, 15) is 4.79 Å². The molecule has 3 rings (SSSR count). The maximum atomic E-state index is 12.9. The second kappa shape index (κ2) is 7.79. The second-order valence-electron chi connectivity index (χ2n) is 6.09. The van der Waals surface area contributed by atoms with Crippen molar-refractivity contribution in [1.82, 2.24) is 19.9 Å². The predicted molar refractivity (Wildman–Crippen MR) is 104 cm³/mol. The Morgan fingerprint density at radius 1 is 1.19 bits per heavy atom. The molecule has 0 unspecified atom stereocenters. The smallest absolute Gasteiger partial charge is 0.271 e. The van der Waals surface area contributed by atoms with Crippen LogP contribution in [0.4, 0.5) is 0 Å². The lowest BCUT2D eigenvalue weighted by molar-refractivity contribution is 0.0936. The minimum Gasteiger partial charge on any atom is -0.497 e. The number of methoxy groups -OCH3 is 2. The van der Waals surface area contributed by atoms with Crippen LogP contribution in [0.1, 0.15) is 37.8 Å². The third-order valence-electron chi connectivity index (χ3n) is 4.22. The number of hydrogen-bond acceptors (Lipinski definition) is 6. The van der Waals surface area contributed by atoms with Crippen LogP contribution in [-0.4, -0.2) is 34.7 Å². The molecular formula is C19H22N4O3S. The molecule has 0 aliphatic heterocycles. The molecule has 0 aliphatic rings. The van der Waals surface area contributed by atoms with Gasteiger partial charge in [0.1, 0.15) is 29.1 Å². The van der Waals surface area contributed by atoms with Crippen LogP contribution >= 0.6 is 11.3 Å². The lowest BCUT2D eigenvalue weighted by atomic mass is 10.0. The van der Waals surface area contributed by atoms with Crippen LogP contribution in [-0.2, 0) is 7.05 Å². The minimum absolute atomic E-state index is 0.244. The zero-order valence-electron chi connectivity index (χ0n) is 15.9. The molecule has 1 N–H and O–H groups in total. The molecule has 0 aliphatic carbocycles. The van der Waals surface area contributed by atoms with Crippen LogP contribution in [0.3, 0.4) is 0 Å². The third kappa shape index (κ3) is 3.95. The van der Waals surface area contributed by atoms with E-state index in [1.165, 1.54) is 11.3 Å². The highest BCUT2D eigenvalue weighted by molar-refractivity contribution is 7.11. The Kier molecular flexibility index (Phi) is 5.46. The van der Waals surface area contributed by atoms with Gasteiger partial charge in [-0.3, -0.25) is 4.79 Å². The Balaban J connectivity index is 2.04. The molecule has 0 spiro atoms. The lowest BCUT2D eigenvalue weighted by Gasteiger charge is -2.20. The molecule has 8 heteroatoms. The fourth-order valence-corrected chi connectivity index (χ4v) is 3.70. The number of ether oxygens (including phenoxy) is 2. The Morgan fingerprint density at radius 2 is 1.85 bits per heavy atom. The van der Waals surface area contributed by atoms with Gasteiger partial charge in [0.25, 0.3) is 5.91 Å². The fourth-order valence-electron chi connectivity index (χ4n) is 2.89. The van der Waals surface area contributed by atoms with Crippen molar-refractivity contribution in [2.45, 2.75) is 19.9 Å². The Bertz CT molecular complexity index is 942. The zero-order valence-corrected chi connectivity index (χ0v) is 16.8. The number of hydrogen-bond donors (Lipinski definition) is 1. The minimum atomic E-state index is -0.483. The van der Waals surface area contributed by atoms with Gasteiger partial charge < -0.3 is 19.4 Å². The van der Waals surface area contributed by atoms with Gasteiger partial charge in [0.2, 0.25) is 0 Å². The molecular weight excluding hydrogens is 364 g/mol. The Labute approximate surface area is 162 Å². The average Bonchev–Trinajstić information content (AvgIpc) is 3.23. The van der Waals surface area contributed by atoms with Gasteiger partial charge in [-0.2, -0.15) is 0 Å². The van der Waals surface area contributed by atoms with Gasteiger partial charge in [-0.25, -0.2) is 9.97 Å². The first-order chi connectivity index (χ1) is 12.9. The van der Waals surface area contributed by atoms with E-state index in [2.05, 4.69) is 15.3 Å². The number of carbonyl (C=O) groups excluding carboxylic acids is 1. The van der Waals surface area contributed by atoms with Crippen molar-refractivity contribution in [3.63, 3.8) is 0 Å². The van der Waals surface area contributed by atoms with Crippen molar-refractivity contribution < 1.29 is 14.3 Å². The quantitative estimate of drug-likeness (QED) is 0.705. The molecule has 0 saturated carbocycles. The number of thiazole rings is 1. The molecule has 2 aromatic heterocycles. The van der Waals surface area contributed by atoms with Gasteiger partial charge in [-0.05, 0) is 31.5 Å². The third-order valence-corrected chi connectivity index (χ3v) is 5.10. The molecule has 0 bridgehead atoms. The SMILES string of the molecule is COc1cc(OC)cc([C@H](NC(=O)c2nc(C)sc2C)c2nccn2C)c1. The topological polar surface area (TPSA) is 78.3 Å². The van der Waals surface area contributed by atoms with Crippen molar-refractivity contribution in [2.75, 3.05) is 14.2 Å². The summed E-state index contributed by atoms with van der Waals surface area (Å²) in [6.45, 7) is 3.78. The summed E-state index contributed by atoms with van der Waals surface area (Å²) in [5, 5.41) is 3.92. The number of benzene rings is 1. The summed E-state index contributed by atoms with van der Waals surface area (Å²) in [4.78, 5) is 22.6. The summed E-state index contributed by atoms with van der Waals surface area (Å²) in [7, 11) is 5.07. The summed E-state index contributed by atoms with van der Waals surface area (Å²) in [6.07, 6.45) is 3.54. The maximum absolute atomic E-state index is 12.9. The summed E-state index contributed by atoms with van der Waals surface area (Å²) in [5.74, 6) is 1.73. The number of rotatable bonds is 6. The lowest BCUT2D eigenvalue weighted by Crippen LogP contribution is -2.31. The second-order valence-corrected chi connectivity index (χ2v) is 7.49. The van der Waals surface area contributed by atoms with Crippen LogP contribution in [0, 0.1) is 13.8 Å².